The summed E-state index contributed by atoms with van der Waals surface area (Å²) >= 11 is 0. The van der Waals surface area contributed by atoms with Crippen molar-refractivity contribution in [3.63, 3.8) is 0 Å². The summed E-state index contributed by atoms with van der Waals surface area (Å²) < 4.78 is 0. The first kappa shape index (κ1) is 18.5. The molecule has 0 spiro atoms. The molecule has 4 aliphatic carbocycles. The van der Waals surface area contributed by atoms with Gasteiger partial charge < -0.3 is 10.4 Å². The van der Waals surface area contributed by atoms with Crippen LogP contribution in [0.4, 0.5) is 0 Å². The topological polar surface area (TPSA) is 66.4 Å². The van der Waals surface area contributed by atoms with E-state index in [4.69, 9.17) is 0 Å². The summed E-state index contributed by atoms with van der Waals surface area (Å²) in [6, 6.07) is 9.78. The molecule has 0 aliphatic heterocycles. The Labute approximate surface area is 161 Å². The SMILES string of the molecule is C[C@H](c1ccccc1)[C@H](CC(=O)O)C(=O)NCC12CC3CC(CC(C3)C1)C2. The fraction of sp³-hybridized carbons (Fsp3) is 0.652. The molecular weight excluding hydrogens is 338 g/mol. The van der Waals surface area contributed by atoms with Gasteiger partial charge in [-0.2, -0.15) is 0 Å². The molecule has 0 saturated heterocycles. The third-order valence-corrected chi connectivity index (χ3v) is 7.46. The second-order valence-electron chi connectivity index (χ2n) is 9.54. The van der Waals surface area contributed by atoms with Crippen molar-refractivity contribution in [2.24, 2.45) is 29.1 Å². The summed E-state index contributed by atoms with van der Waals surface area (Å²) in [6.07, 6.45) is 7.79. The molecule has 5 rings (SSSR count). The molecule has 4 aliphatic rings. The first-order valence-electron chi connectivity index (χ1n) is 10.5. The van der Waals surface area contributed by atoms with Gasteiger partial charge in [-0.25, -0.2) is 0 Å². The number of rotatable bonds is 7. The summed E-state index contributed by atoms with van der Waals surface area (Å²) in [4.78, 5) is 24.4. The molecular formula is C23H31NO3. The molecule has 146 valence electrons. The smallest absolute Gasteiger partial charge is 0.304 e. The molecule has 1 amide bonds. The Morgan fingerprint density at radius 3 is 2.15 bits per heavy atom. The summed E-state index contributed by atoms with van der Waals surface area (Å²) in [5, 5.41) is 12.5. The second kappa shape index (κ2) is 7.29. The summed E-state index contributed by atoms with van der Waals surface area (Å²) in [5.74, 6) is 0.915. The number of aliphatic carboxylic acids is 1. The van der Waals surface area contributed by atoms with Gasteiger partial charge in [0, 0.05) is 6.54 Å². The highest BCUT2D eigenvalue weighted by Gasteiger charge is 2.50. The molecule has 1 aromatic carbocycles. The van der Waals surface area contributed by atoms with Crippen LogP contribution in [-0.2, 0) is 9.59 Å². The van der Waals surface area contributed by atoms with Gasteiger partial charge in [0.15, 0.2) is 0 Å². The van der Waals surface area contributed by atoms with Gasteiger partial charge in [-0.1, -0.05) is 37.3 Å². The van der Waals surface area contributed by atoms with Crippen molar-refractivity contribution in [1.82, 2.24) is 5.32 Å². The van der Waals surface area contributed by atoms with Gasteiger partial charge in [0.1, 0.15) is 0 Å². The van der Waals surface area contributed by atoms with Crippen LogP contribution in [0.15, 0.2) is 30.3 Å². The Morgan fingerprint density at radius 2 is 1.63 bits per heavy atom. The zero-order valence-corrected chi connectivity index (χ0v) is 16.2. The molecule has 4 fully saturated rings. The van der Waals surface area contributed by atoms with E-state index < -0.39 is 11.9 Å². The average molecular weight is 370 g/mol. The van der Waals surface area contributed by atoms with E-state index in [1.54, 1.807) is 0 Å². The zero-order valence-electron chi connectivity index (χ0n) is 16.2. The van der Waals surface area contributed by atoms with E-state index in [0.29, 0.717) is 0 Å². The summed E-state index contributed by atoms with van der Waals surface area (Å²) in [7, 11) is 0. The van der Waals surface area contributed by atoms with Gasteiger partial charge in [0.2, 0.25) is 5.91 Å². The monoisotopic (exact) mass is 369 g/mol. The van der Waals surface area contributed by atoms with Gasteiger partial charge in [-0.15, -0.1) is 0 Å². The van der Waals surface area contributed by atoms with Crippen LogP contribution in [0.1, 0.15) is 63.4 Å². The van der Waals surface area contributed by atoms with Crippen LogP contribution in [0.3, 0.4) is 0 Å². The first-order chi connectivity index (χ1) is 12.9. The van der Waals surface area contributed by atoms with Crippen LogP contribution in [0.2, 0.25) is 0 Å². The standard InChI is InChI=1S/C23H31NO3/c1-15(19-5-3-2-4-6-19)20(10-21(25)26)22(27)24-14-23-11-16-7-17(12-23)9-18(8-16)13-23/h2-6,15-18,20H,7-14H2,1H3,(H,24,27)(H,25,26)/t15-,16?,17?,18?,20+,23?/m1/s1. The van der Waals surface area contributed by atoms with E-state index in [9.17, 15) is 14.7 Å². The lowest BCUT2D eigenvalue weighted by atomic mass is 9.49. The maximum Gasteiger partial charge on any atom is 0.304 e. The molecule has 27 heavy (non-hydrogen) atoms. The molecule has 1 aromatic rings. The molecule has 0 radical (unpaired) electrons. The van der Waals surface area contributed by atoms with Crippen molar-refractivity contribution in [1.29, 1.82) is 0 Å². The van der Waals surface area contributed by atoms with Gasteiger partial charge >= 0.3 is 5.97 Å². The lowest BCUT2D eigenvalue weighted by Crippen LogP contribution is -2.52. The Bertz CT molecular complexity index is 664. The van der Waals surface area contributed by atoms with Crippen LogP contribution in [0, 0.1) is 29.1 Å². The number of nitrogens with one attached hydrogen (secondary N) is 1. The van der Waals surface area contributed by atoms with Crippen molar-refractivity contribution in [3.05, 3.63) is 35.9 Å². The van der Waals surface area contributed by atoms with Crippen LogP contribution in [0.25, 0.3) is 0 Å². The Morgan fingerprint density at radius 1 is 1.07 bits per heavy atom. The number of carbonyl (C=O) groups excluding carboxylic acids is 1. The fourth-order valence-corrected chi connectivity index (χ4v) is 6.59. The van der Waals surface area contributed by atoms with E-state index in [2.05, 4.69) is 5.32 Å². The van der Waals surface area contributed by atoms with E-state index in [1.165, 1.54) is 38.5 Å². The molecule has 4 nitrogen and oxygen atoms in total. The number of carbonyl (C=O) groups is 2. The minimum absolute atomic E-state index is 0.0931. The van der Waals surface area contributed by atoms with E-state index >= 15 is 0 Å². The van der Waals surface area contributed by atoms with Crippen molar-refractivity contribution in [3.8, 4) is 0 Å². The molecule has 4 heteroatoms. The predicted molar refractivity (Wildman–Crippen MR) is 104 cm³/mol. The third-order valence-electron chi connectivity index (χ3n) is 7.46. The maximum atomic E-state index is 13.0. The third kappa shape index (κ3) is 3.90. The molecule has 0 heterocycles. The highest BCUT2D eigenvalue weighted by molar-refractivity contribution is 5.84. The number of amides is 1. The van der Waals surface area contributed by atoms with E-state index in [0.717, 1.165) is 29.9 Å². The summed E-state index contributed by atoms with van der Waals surface area (Å²) in [6.45, 7) is 2.69. The Hall–Kier alpha value is -1.84. The van der Waals surface area contributed by atoms with Crippen LogP contribution >= 0.6 is 0 Å². The quantitative estimate of drug-likeness (QED) is 0.756. The van der Waals surface area contributed by atoms with E-state index in [-0.39, 0.29) is 23.7 Å². The first-order valence-corrected chi connectivity index (χ1v) is 10.5. The largest absolute Gasteiger partial charge is 0.481 e. The number of hydrogen-bond acceptors (Lipinski definition) is 2. The van der Waals surface area contributed by atoms with Crippen LogP contribution in [-0.4, -0.2) is 23.5 Å². The van der Waals surface area contributed by atoms with Crippen LogP contribution in [0.5, 0.6) is 0 Å². The van der Waals surface area contributed by atoms with Gasteiger partial charge in [-0.3, -0.25) is 9.59 Å². The molecule has 2 atom stereocenters. The number of hydrogen-bond donors (Lipinski definition) is 2. The normalized spacial score (nSPS) is 33.4. The fourth-order valence-electron chi connectivity index (χ4n) is 6.59. The number of carboxylic acids is 1. The molecule has 2 N–H and O–H groups in total. The van der Waals surface area contributed by atoms with Gasteiger partial charge in [0.25, 0.3) is 0 Å². The number of carboxylic acid groups (broad SMARTS) is 1. The Balaban J connectivity index is 1.43. The lowest BCUT2D eigenvalue weighted by Gasteiger charge is -2.57. The maximum absolute atomic E-state index is 13.0. The van der Waals surface area contributed by atoms with E-state index in [1.807, 2.05) is 37.3 Å². The minimum atomic E-state index is -0.910. The second-order valence-corrected chi connectivity index (χ2v) is 9.54. The average Bonchev–Trinajstić information content (AvgIpc) is 2.63. The predicted octanol–water partition coefficient (Wildman–Crippen LogP) is 4.21. The molecule has 4 saturated carbocycles. The van der Waals surface area contributed by atoms with Crippen LogP contribution < -0.4 is 5.32 Å². The lowest BCUT2D eigenvalue weighted by molar-refractivity contribution is -0.142. The molecule has 0 aromatic heterocycles. The van der Waals surface area contributed by atoms with Crippen molar-refractivity contribution in [2.45, 2.75) is 57.8 Å². The molecule has 4 bridgehead atoms. The zero-order chi connectivity index (χ0) is 19.0. The highest BCUT2D eigenvalue weighted by atomic mass is 16.4. The minimum Gasteiger partial charge on any atom is -0.481 e. The molecule has 0 unspecified atom stereocenters. The van der Waals surface area contributed by atoms with Crippen molar-refractivity contribution >= 4 is 11.9 Å². The van der Waals surface area contributed by atoms with Gasteiger partial charge in [0.05, 0.1) is 12.3 Å². The van der Waals surface area contributed by atoms with Gasteiger partial charge in [-0.05, 0) is 73.2 Å². The Kier molecular flexibility index (Phi) is 5.00. The van der Waals surface area contributed by atoms with Crippen molar-refractivity contribution < 1.29 is 14.7 Å². The highest BCUT2D eigenvalue weighted by Crippen LogP contribution is 2.59. The summed E-state index contributed by atoms with van der Waals surface area (Å²) in [5.41, 5.74) is 1.29. The number of benzene rings is 1. The van der Waals surface area contributed by atoms with Crippen molar-refractivity contribution in [2.75, 3.05) is 6.54 Å².